The topological polar surface area (TPSA) is 46.5 Å². The second kappa shape index (κ2) is 7.82. The van der Waals surface area contributed by atoms with E-state index in [1.165, 1.54) is 11.6 Å². The third-order valence-electron chi connectivity index (χ3n) is 4.49. The van der Waals surface area contributed by atoms with Crippen molar-refractivity contribution in [3.63, 3.8) is 0 Å². The summed E-state index contributed by atoms with van der Waals surface area (Å²) in [6.07, 6.45) is 5.29. The summed E-state index contributed by atoms with van der Waals surface area (Å²) in [6, 6.07) is 18.3. The van der Waals surface area contributed by atoms with Gasteiger partial charge < -0.3 is 9.84 Å². The molecule has 0 radical (unpaired) electrons. The van der Waals surface area contributed by atoms with Gasteiger partial charge in [-0.1, -0.05) is 48.0 Å². The maximum absolute atomic E-state index is 10.9. The highest BCUT2D eigenvalue weighted by molar-refractivity contribution is 5.80. The molecule has 3 nitrogen and oxygen atoms in total. The first-order valence-corrected chi connectivity index (χ1v) is 8.40. The van der Waals surface area contributed by atoms with Gasteiger partial charge in [0.2, 0.25) is 0 Å². The van der Waals surface area contributed by atoms with E-state index < -0.39 is 5.97 Å². The minimum Gasteiger partial charge on any atom is -0.489 e. The van der Waals surface area contributed by atoms with Gasteiger partial charge in [-0.25, -0.2) is 4.79 Å². The zero-order valence-corrected chi connectivity index (χ0v) is 13.7. The smallest absolute Gasteiger partial charge is 0.328 e. The van der Waals surface area contributed by atoms with Crippen LogP contribution in [0.15, 0.2) is 66.2 Å². The van der Waals surface area contributed by atoms with Gasteiger partial charge in [0.25, 0.3) is 0 Å². The molecule has 3 rings (SSSR count). The summed E-state index contributed by atoms with van der Waals surface area (Å²) >= 11 is 0. The fourth-order valence-corrected chi connectivity index (χ4v) is 3.26. The molecule has 1 fully saturated rings. The van der Waals surface area contributed by atoms with Crippen LogP contribution < -0.4 is 4.74 Å². The number of rotatable bonds is 5. The van der Waals surface area contributed by atoms with Crippen LogP contribution in [0.4, 0.5) is 0 Å². The Labute approximate surface area is 142 Å². The molecule has 0 saturated heterocycles. The Kier molecular flexibility index (Phi) is 5.32. The Balaban J connectivity index is 1.60. The number of carboxylic acid groups (broad SMARTS) is 1. The van der Waals surface area contributed by atoms with Crippen molar-refractivity contribution < 1.29 is 14.6 Å². The Morgan fingerprint density at radius 1 is 1.12 bits per heavy atom. The number of hydrogen-bond acceptors (Lipinski definition) is 2. The lowest BCUT2D eigenvalue weighted by Crippen LogP contribution is -2.08. The van der Waals surface area contributed by atoms with Crippen molar-refractivity contribution >= 4 is 5.97 Å². The molecule has 0 aromatic heterocycles. The molecule has 124 valence electrons. The van der Waals surface area contributed by atoms with E-state index in [4.69, 9.17) is 9.84 Å². The lowest BCUT2D eigenvalue weighted by atomic mass is 9.81. The van der Waals surface area contributed by atoms with E-state index in [0.717, 1.165) is 42.6 Å². The molecule has 2 aromatic carbocycles. The third-order valence-corrected chi connectivity index (χ3v) is 4.49. The number of benzene rings is 2. The Bertz CT molecular complexity index is 702. The van der Waals surface area contributed by atoms with Crippen molar-refractivity contribution in [3.8, 4) is 5.75 Å². The summed E-state index contributed by atoms with van der Waals surface area (Å²) in [4.78, 5) is 10.9. The predicted octanol–water partition coefficient (Wildman–Crippen LogP) is 4.93. The van der Waals surface area contributed by atoms with Crippen LogP contribution in [-0.4, -0.2) is 11.1 Å². The minimum absolute atomic E-state index is 0.410. The summed E-state index contributed by atoms with van der Waals surface area (Å²) in [7, 11) is 0. The van der Waals surface area contributed by atoms with Gasteiger partial charge in [0.05, 0.1) is 0 Å². The van der Waals surface area contributed by atoms with Gasteiger partial charge in [-0.15, -0.1) is 0 Å². The Hall–Kier alpha value is -2.55. The first-order valence-electron chi connectivity index (χ1n) is 8.40. The lowest BCUT2D eigenvalue weighted by Gasteiger charge is -2.24. The number of carbonyl (C=O) groups is 1. The van der Waals surface area contributed by atoms with E-state index >= 15 is 0 Å². The summed E-state index contributed by atoms with van der Waals surface area (Å²) in [5, 5.41) is 8.92. The zero-order valence-electron chi connectivity index (χ0n) is 13.7. The molecule has 1 unspecified atom stereocenters. The van der Waals surface area contributed by atoms with Crippen molar-refractivity contribution in [2.75, 3.05) is 0 Å². The number of carboxylic acids is 1. The van der Waals surface area contributed by atoms with Crippen molar-refractivity contribution in [1.82, 2.24) is 0 Å². The minimum atomic E-state index is -0.838. The molecule has 0 amide bonds. The van der Waals surface area contributed by atoms with Crippen LogP contribution in [0, 0.1) is 0 Å². The number of aliphatic carboxylic acids is 1. The van der Waals surface area contributed by atoms with Gasteiger partial charge in [0.15, 0.2) is 0 Å². The average molecular weight is 322 g/mol. The van der Waals surface area contributed by atoms with Gasteiger partial charge in [-0.2, -0.15) is 0 Å². The van der Waals surface area contributed by atoms with Gasteiger partial charge in [0, 0.05) is 6.08 Å². The van der Waals surface area contributed by atoms with E-state index in [2.05, 4.69) is 12.1 Å². The van der Waals surface area contributed by atoms with Crippen molar-refractivity contribution in [1.29, 1.82) is 0 Å². The van der Waals surface area contributed by atoms with Gasteiger partial charge >= 0.3 is 5.97 Å². The highest BCUT2D eigenvalue weighted by Gasteiger charge is 2.19. The number of ether oxygens (including phenoxy) is 1. The highest BCUT2D eigenvalue weighted by atomic mass is 16.5. The van der Waals surface area contributed by atoms with E-state index in [-0.39, 0.29) is 0 Å². The van der Waals surface area contributed by atoms with E-state index in [1.807, 2.05) is 42.5 Å². The summed E-state index contributed by atoms with van der Waals surface area (Å²) in [6.45, 7) is 0.565. The normalized spacial score (nSPS) is 19.2. The first kappa shape index (κ1) is 16.3. The predicted molar refractivity (Wildman–Crippen MR) is 94.1 cm³/mol. The Morgan fingerprint density at radius 3 is 2.58 bits per heavy atom. The summed E-state index contributed by atoms with van der Waals surface area (Å²) in [5.74, 6) is 0.433. The van der Waals surface area contributed by atoms with Crippen LogP contribution in [0.2, 0.25) is 0 Å². The largest absolute Gasteiger partial charge is 0.489 e. The summed E-state index contributed by atoms with van der Waals surface area (Å²) in [5.41, 5.74) is 3.46. The van der Waals surface area contributed by atoms with Crippen LogP contribution in [0.1, 0.15) is 42.7 Å². The van der Waals surface area contributed by atoms with Gasteiger partial charge in [0.1, 0.15) is 12.4 Å². The zero-order chi connectivity index (χ0) is 16.8. The molecule has 3 heteroatoms. The molecule has 0 heterocycles. The standard InChI is InChI=1S/C21H22O3/c22-21(23)14-17-7-4-8-19(13-17)18-9-11-20(12-10-18)24-15-16-5-2-1-3-6-16/h1-3,5-6,9-12,14,19H,4,7-8,13,15H2,(H,22,23)/b17-14+. The third kappa shape index (κ3) is 4.48. The van der Waals surface area contributed by atoms with Crippen LogP contribution in [-0.2, 0) is 11.4 Å². The Morgan fingerprint density at radius 2 is 1.88 bits per heavy atom. The monoisotopic (exact) mass is 322 g/mol. The number of allylic oxidation sites excluding steroid dienone is 1. The summed E-state index contributed by atoms with van der Waals surface area (Å²) < 4.78 is 5.82. The molecule has 1 aliphatic carbocycles. The maximum atomic E-state index is 10.9. The molecule has 1 aliphatic rings. The molecule has 2 aromatic rings. The van der Waals surface area contributed by atoms with E-state index in [1.54, 1.807) is 0 Å². The van der Waals surface area contributed by atoms with E-state index in [9.17, 15) is 4.79 Å². The molecule has 0 bridgehead atoms. The molecule has 0 spiro atoms. The molecule has 24 heavy (non-hydrogen) atoms. The average Bonchev–Trinajstić information content (AvgIpc) is 2.61. The van der Waals surface area contributed by atoms with Gasteiger partial charge in [-0.3, -0.25) is 0 Å². The molecule has 1 N–H and O–H groups in total. The molecule has 1 atom stereocenters. The maximum Gasteiger partial charge on any atom is 0.328 e. The molecule has 1 saturated carbocycles. The quantitative estimate of drug-likeness (QED) is 0.794. The second-order valence-corrected chi connectivity index (χ2v) is 6.28. The SMILES string of the molecule is O=C(O)/C=C1\CCCC(c2ccc(OCc3ccccc3)cc2)C1. The fourth-order valence-electron chi connectivity index (χ4n) is 3.26. The van der Waals surface area contributed by atoms with Crippen molar-refractivity contribution in [2.45, 2.75) is 38.2 Å². The van der Waals surface area contributed by atoms with Crippen LogP contribution in [0.25, 0.3) is 0 Å². The fraction of sp³-hybridized carbons (Fsp3) is 0.286. The molecular weight excluding hydrogens is 300 g/mol. The second-order valence-electron chi connectivity index (χ2n) is 6.28. The van der Waals surface area contributed by atoms with Crippen LogP contribution >= 0.6 is 0 Å². The van der Waals surface area contributed by atoms with E-state index in [0.29, 0.717) is 12.5 Å². The first-order chi connectivity index (χ1) is 11.7. The van der Waals surface area contributed by atoms with Crippen LogP contribution in [0.3, 0.4) is 0 Å². The lowest BCUT2D eigenvalue weighted by molar-refractivity contribution is -0.131. The number of hydrogen-bond donors (Lipinski definition) is 1. The van der Waals surface area contributed by atoms with Gasteiger partial charge in [-0.05, 0) is 54.9 Å². The van der Waals surface area contributed by atoms with Crippen molar-refractivity contribution in [3.05, 3.63) is 77.4 Å². The van der Waals surface area contributed by atoms with Crippen molar-refractivity contribution in [2.24, 2.45) is 0 Å². The highest BCUT2D eigenvalue weighted by Crippen LogP contribution is 2.36. The molecule has 0 aliphatic heterocycles. The molecular formula is C21H22O3. The van der Waals surface area contributed by atoms with Crippen LogP contribution in [0.5, 0.6) is 5.75 Å².